The summed E-state index contributed by atoms with van der Waals surface area (Å²) >= 11 is 0. The van der Waals surface area contributed by atoms with Gasteiger partial charge in [0.25, 0.3) is 15.9 Å². The molecule has 0 unspecified atom stereocenters. The smallest absolute Gasteiger partial charge is 0.264 e. The molecule has 34 heavy (non-hydrogen) atoms. The van der Waals surface area contributed by atoms with E-state index in [9.17, 15) is 17.6 Å². The van der Waals surface area contributed by atoms with E-state index in [2.05, 4.69) is 15.0 Å². The van der Waals surface area contributed by atoms with Gasteiger partial charge in [-0.25, -0.2) is 12.8 Å². The number of nitrogens with zero attached hydrogens (tertiary/aromatic N) is 1. The maximum absolute atomic E-state index is 13.9. The number of para-hydroxylation sites is 1. The molecule has 0 fully saturated rings. The van der Waals surface area contributed by atoms with Gasteiger partial charge in [0.1, 0.15) is 10.7 Å². The second kappa shape index (κ2) is 10.4. The summed E-state index contributed by atoms with van der Waals surface area (Å²) in [5.74, 6) is -1.29. The number of rotatable bonds is 9. The van der Waals surface area contributed by atoms with E-state index in [1.807, 2.05) is 30.3 Å². The maximum atomic E-state index is 13.9. The van der Waals surface area contributed by atoms with Crippen molar-refractivity contribution in [3.8, 4) is 0 Å². The van der Waals surface area contributed by atoms with Crippen LogP contribution >= 0.6 is 0 Å². The summed E-state index contributed by atoms with van der Waals surface area (Å²) in [5, 5.41) is 3.28. The number of sulfonamides is 1. The van der Waals surface area contributed by atoms with E-state index in [1.165, 1.54) is 18.3 Å². The van der Waals surface area contributed by atoms with Gasteiger partial charge in [-0.3, -0.25) is 14.5 Å². The van der Waals surface area contributed by atoms with Crippen molar-refractivity contribution in [1.29, 1.82) is 0 Å². The number of aromatic nitrogens is 1. The Bertz CT molecular complexity index is 1410. The fraction of sp³-hybridized carbons (Fsp3) is 0.120. The molecule has 9 heteroatoms. The molecule has 2 N–H and O–H groups in total. The van der Waals surface area contributed by atoms with Gasteiger partial charge < -0.3 is 10.1 Å². The van der Waals surface area contributed by atoms with E-state index in [-0.39, 0.29) is 29.3 Å². The maximum Gasteiger partial charge on any atom is 0.264 e. The minimum absolute atomic E-state index is 0.0444. The zero-order chi connectivity index (χ0) is 24.0. The number of amides is 1. The van der Waals surface area contributed by atoms with Gasteiger partial charge >= 0.3 is 0 Å². The average molecular weight is 480 g/mol. The molecule has 0 aliphatic rings. The summed E-state index contributed by atoms with van der Waals surface area (Å²) in [6, 6.07) is 21.1. The molecule has 0 spiro atoms. The first-order valence-electron chi connectivity index (χ1n) is 10.5. The van der Waals surface area contributed by atoms with Crippen molar-refractivity contribution in [2.45, 2.75) is 11.5 Å². The minimum atomic E-state index is -4.11. The molecule has 0 aliphatic heterocycles. The number of nitrogens with one attached hydrogen (secondary N) is 2. The van der Waals surface area contributed by atoms with Crippen molar-refractivity contribution in [2.75, 3.05) is 17.9 Å². The molecular weight excluding hydrogens is 457 g/mol. The normalized spacial score (nSPS) is 11.3. The molecule has 3 aromatic carbocycles. The number of fused-ring (bicyclic) bond motifs is 1. The van der Waals surface area contributed by atoms with Crippen LogP contribution in [0, 0.1) is 5.82 Å². The van der Waals surface area contributed by atoms with Crippen LogP contribution < -0.4 is 10.0 Å². The number of hydrogen-bond donors (Lipinski definition) is 2. The topological polar surface area (TPSA) is 97.4 Å². The van der Waals surface area contributed by atoms with Gasteiger partial charge in [-0.05, 0) is 35.9 Å². The standard InChI is InChI=1S/C25H22FN3O4S/c26-20-11-12-22(29-34(31,32)23-10-4-8-19-9-5-13-27-24(19)23)21(16-20)25(30)28-14-15-33-17-18-6-2-1-3-7-18/h1-13,16,29H,14-15,17H2,(H,28,30). The number of pyridine rings is 1. The van der Waals surface area contributed by atoms with Gasteiger partial charge in [-0.2, -0.15) is 0 Å². The highest BCUT2D eigenvalue weighted by Crippen LogP contribution is 2.25. The molecule has 174 valence electrons. The quantitative estimate of drug-likeness (QED) is 0.352. The predicted octanol–water partition coefficient (Wildman–Crippen LogP) is 4.12. The van der Waals surface area contributed by atoms with Gasteiger partial charge in [0.05, 0.1) is 30.0 Å². The second-order valence-corrected chi connectivity index (χ2v) is 9.07. The van der Waals surface area contributed by atoms with Crippen molar-refractivity contribution in [2.24, 2.45) is 0 Å². The van der Waals surface area contributed by atoms with E-state index in [0.717, 1.165) is 17.7 Å². The minimum Gasteiger partial charge on any atom is -0.375 e. The lowest BCUT2D eigenvalue weighted by atomic mass is 10.1. The van der Waals surface area contributed by atoms with Crippen LogP contribution in [0.1, 0.15) is 15.9 Å². The fourth-order valence-corrected chi connectivity index (χ4v) is 4.64. The molecule has 0 radical (unpaired) electrons. The Labute approximate surface area is 196 Å². The van der Waals surface area contributed by atoms with Crippen molar-refractivity contribution < 1.29 is 22.3 Å². The molecule has 1 heterocycles. The largest absolute Gasteiger partial charge is 0.375 e. The molecule has 1 amide bonds. The number of ether oxygens (including phenoxy) is 1. The summed E-state index contributed by atoms with van der Waals surface area (Å²) in [6.07, 6.45) is 1.50. The van der Waals surface area contributed by atoms with Crippen LogP contribution in [-0.2, 0) is 21.4 Å². The molecule has 0 saturated carbocycles. The summed E-state index contributed by atoms with van der Waals surface area (Å²) in [7, 11) is -4.11. The molecule has 1 aromatic heterocycles. The Morgan fingerprint density at radius 2 is 1.76 bits per heavy atom. The fourth-order valence-electron chi connectivity index (χ4n) is 3.38. The molecule has 0 saturated heterocycles. The molecule has 0 aliphatic carbocycles. The molecule has 0 atom stereocenters. The number of hydrogen-bond acceptors (Lipinski definition) is 5. The average Bonchev–Trinajstić information content (AvgIpc) is 2.85. The lowest BCUT2D eigenvalue weighted by molar-refractivity contribution is 0.0901. The van der Waals surface area contributed by atoms with Crippen molar-refractivity contribution in [3.63, 3.8) is 0 Å². The van der Waals surface area contributed by atoms with Gasteiger partial charge in [0.2, 0.25) is 0 Å². The number of benzene rings is 3. The molecule has 7 nitrogen and oxygen atoms in total. The van der Waals surface area contributed by atoms with Crippen LogP contribution in [-0.4, -0.2) is 32.5 Å². The first-order chi connectivity index (χ1) is 16.4. The van der Waals surface area contributed by atoms with Crippen molar-refractivity contribution >= 4 is 32.5 Å². The first-order valence-corrected chi connectivity index (χ1v) is 12.0. The van der Waals surface area contributed by atoms with Crippen molar-refractivity contribution in [3.05, 3.63) is 102 Å². The highest BCUT2D eigenvalue weighted by atomic mass is 32.2. The third-order valence-corrected chi connectivity index (χ3v) is 6.40. The first kappa shape index (κ1) is 23.3. The van der Waals surface area contributed by atoms with E-state index in [4.69, 9.17) is 4.74 Å². The second-order valence-electron chi connectivity index (χ2n) is 7.42. The summed E-state index contributed by atoms with van der Waals surface area (Å²) in [4.78, 5) is 16.8. The lowest BCUT2D eigenvalue weighted by Crippen LogP contribution is -2.28. The Balaban J connectivity index is 1.46. The van der Waals surface area contributed by atoms with Crippen LogP contribution in [0.3, 0.4) is 0 Å². The number of anilines is 1. The number of carbonyl (C=O) groups is 1. The molecular formula is C25H22FN3O4S. The summed E-state index contributed by atoms with van der Waals surface area (Å²) < 4.78 is 48.1. The van der Waals surface area contributed by atoms with Crippen LogP contribution in [0.2, 0.25) is 0 Å². The highest BCUT2D eigenvalue weighted by Gasteiger charge is 2.22. The van der Waals surface area contributed by atoms with Crippen LogP contribution in [0.4, 0.5) is 10.1 Å². The molecule has 4 rings (SSSR count). The zero-order valence-corrected chi connectivity index (χ0v) is 18.9. The SMILES string of the molecule is O=C(NCCOCc1ccccc1)c1cc(F)ccc1NS(=O)(=O)c1cccc2cccnc12. The molecule has 0 bridgehead atoms. The summed E-state index contributed by atoms with van der Waals surface area (Å²) in [5.41, 5.74) is 1.11. The van der Waals surface area contributed by atoms with Crippen LogP contribution in [0.15, 0.2) is 90.0 Å². The monoisotopic (exact) mass is 479 g/mol. The van der Waals surface area contributed by atoms with Crippen molar-refractivity contribution in [1.82, 2.24) is 10.3 Å². The number of carbonyl (C=O) groups excluding carboxylic acids is 1. The Morgan fingerprint density at radius 1 is 0.971 bits per heavy atom. The van der Waals surface area contributed by atoms with E-state index in [1.54, 1.807) is 24.3 Å². The zero-order valence-electron chi connectivity index (χ0n) is 18.1. The van der Waals surface area contributed by atoms with E-state index < -0.39 is 21.7 Å². The van der Waals surface area contributed by atoms with E-state index >= 15 is 0 Å². The van der Waals surface area contributed by atoms with Crippen LogP contribution in [0.5, 0.6) is 0 Å². The van der Waals surface area contributed by atoms with Gasteiger partial charge in [0.15, 0.2) is 0 Å². The Kier molecular flexibility index (Phi) is 7.15. The summed E-state index contributed by atoms with van der Waals surface area (Å²) in [6.45, 7) is 0.793. The van der Waals surface area contributed by atoms with Gasteiger partial charge in [-0.1, -0.05) is 48.5 Å². The van der Waals surface area contributed by atoms with Crippen LogP contribution in [0.25, 0.3) is 10.9 Å². The Hall–Kier alpha value is -3.82. The third kappa shape index (κ3) is 5.56. The molecule has 4 aromatic rings. The third-order valence-electron chi connectivity index (χ3n) is 5.00. The lowest BCUT2D eigenvalue weighted by Gasteiger charge is -2.14. The van der Waals surface area contributed by atoms with Gasteiger partial charge in [-0.15, -0.1) is 0 Å². The van der Waals surface area contributed by atoms with Gasteiger partial charge in [0, 0.05) is 18.1 Å². The Morgan fingerprint density at radius 3 is 2.59 bits per heavy atom. The number of halogens is 1. The highest BCUT2D eigenvalue weighted by molar-refractivity contribution is 7.93. The van der Waals surface area contributed by atoms with E-state index in [0.29, 0.717) is 17.5 Å². The predicted molar refractivity (Wildman–Crippen MR) is 127 cm³/mol.